The van der Waals surface area contributed by atoms with Gasteiger partial charge >= 0.3 is 0 Å². The summed E-state index contributed by atoms with van der Waals surface area (Å²) >= 11 is 0. The number of rotatable bonds is 2. The molecular weight excluding hydrogens is 258 g/mol. The minimum absolute atomic E-state index is 0.0991. The summed E-state index contributed by atoms with van der Waals surface area (Å²) in [6.45, 7) is 1.85. The lowest BCUT2D eigenvalue weighted by atomic mass is 10.2. The number of nitrogens with two attached hydrogens (primary N) is 1. The van der Waals surface area contributed by atoms with Gasteiger partial charge in [0.25, 0.3) is 5.91 Å². The number of nitrogens with zero attached hydrogens (tertiary/aromatic N) is 4. The highest BCUT2D eigenvalue weighted by molar-refractivity contribution is 5.96. The van der Waals surface area contributed by atoms with Gasteiger partial charge in [-0.15, -0.1) is 0 Å². The molecule has 0 saturated heterocycles. The molecule has 0 spiro atoms. The number of furan rings is 1. The van der Waals surface area contributed by atoms with Gasteiger partial charge in [-0.05, 0) is 25.1 Å². The highest BCUT2D eigenvalue weighted by atomic mass is 16.3. The van der Waals surface area contributed by atoms with Crippen molar-refractivity contribution < 1.29 is 9.21 Å². The number of amides is 1. The lowest BCUT2D eigenvalue weighted by molar-refractivity contribution is 0.0997. The first-order valence-corrected chi connectivity index (χ1v) is 5.75. The van der Waals surface area contributed by atoms with Crippen molar-refractivity contribution in [2.75, 3.05) is 0 Å². The van der Waals surface area contributed by atoms with Crippen LogP contribution in [0.5, 0.6) is 0 Å². The summed E-state index contributed by atoms with van der Waals surface area (Å²) in [4.78, 5) is 19.6. The molecule has 0 radical (unpaired) electrons. The van der Waals surface area contributed by atoms with E-state index < -0.39 is 5.91 Å². The van der Waals surface area contributed by atoms with E-state index in [9.17, 15) is 4.79 Å². The fourth-order valence-corrected chi connectivity index (χ4v) is 1.96. The fraction of sp³-hybridized carbons (Fsp3) is 0.0769. The molecule has 98 valence electrons. The molecule has 0 aliphatic heterocycles. The highest BCUT2D eigenvalue weighted by Gasteiger charge is 2.15. The molecule has 3 heterocycles. The molecular formula is C13H9N5O2. The number of nitriles is 1. The van der Waals surface area contributed by atoms with Crippen molar-refractivity contribution in [2.24, 2.45) is 5.73 Å². The number of hydrogen-bond donors (Lipinski definition) is 1. The molecule has 0 saturated carbocycles. The van der Waals surface area contributed by atoms with Gasteiger partial charge in [0.15, 0.2) is 17.1 Å². The Balaban J connectivity index is 2.25. The van der Waals surface area contributed by atoms with Crippen molar-refractivity contribution in [3.63, 3.8) is 0 Å². The van der Waals surface area contributed by atoms with Crippen molar-refractivity contribution in [3.8, 4) is 17.5 Å². The smallest absolute Gasteiger partial charge is 0.271 e. The van der Waals surface area contributed by atoms with Crippen LogP contribution >= 0.6 is 0 Å². The zero-order chi connectivity index (χ0) is 14.3. The van der Waals surface area contributed by atoms with E-state index in [1.807, 2.05) is 13.0 Å². The molecule has 3 aromatic rings. The predicted octanol–water partition coefficient (Wildman–Crippen LogP) is 1.27. The maximum atomic E-state index is 11.3. The number of fused-ring (bicyclic) bond motifs is 1. The molecule has 3 aromatic heterocycles. The van der Waals surface area contributed by atoms with Gasteiger partial charge in [-0.1, -0.05) is 0 Å². The Morgan fingerprint density at radius 1 is 1.50 bits per heavy atom. The Morgan fingerprint density at radius 2 is 2.30 bits per heavy atom. The molecule has 0 fully saturated rings. The maximum Gasteiger partial charge on any atom is 0.271 e. The maximum absolute atomic E-state index is 11.3. The molecule has 0 bridgehead atoms. The Bertz CT molecular complexity index is 869. The van der Waals surface area contributed by atoms with Crippen molar-refractivity contribution in [3.05, 3.63) is 41.7 Å². The molecule has 2 N–H and O–H groups in total. The van der Waals surface area contributed by atoms with Gasteiger partial charge in [0.1, 0.15) is 18.1 Å². The second-order valence-electron chi connectivity index (χ2n) is 4.21. The van der Waals surface area contributed by atoms with Gasteiger partial charge < -0.3 is 10.2 Å². The minimum atomic E-state index is -0.645. The topological polar surface area (TPSA) is 110 Å². The summed E-state index contributed by atoms with van der Waals surface area (Å²) in [5.41, 5.74) is 7.06. The second kappa shape index (κ2) is 4.20. The van der Waals surface area contributed by atoms with E-state index in [0.717, 1.165) is 5.69 Å². The van der Waals surface area contributed by atoms with Crippen LogP contribution in [0, 0.1) is 18.3 Å². The number of carbonyl (C=O) groups is 1. The SMILES string of the molecule is Cc1cc(-c2ccc(C#N)o2)nc2c(C(N)=O)ncn12. The van der Waals surface area contributed by atoms with Crippen molar-refractivity contribution in [2.45, 2.75) is 6.92 Å². The van der Waals surface area contributed by atoms with Crippen LogP contribution in [0.2, 0.25) is 0 Å². The number of aryl methyl sites for hydroxylation is 1. The van der Waals surface area contributed by atoms with Crippen molar-refractivity contribution >= 4 is 11.6 Å². The van der Waals surface area contributed by atoms with Crippen LogP contribution < -0.4 is 5.73 Å². The third kappa shape index (κ3) is 1.71. The Hall–Kier alpha value is -3.14. The average Bonchev–Trinajstić information content (AvgIpc) is 3.05. The van der Waals surface area contributed by atoms with E-state index in [-0.39, 0.29) is 11.5 Å². The summed E-state index contributed by atoms with van der Waals surface area (Å²) in [6, 6.07) is 6.89. The van der Waals surface area contributed by atoms with E-state index in [2.05, 4.69) is 9.97 Å². The number of aromatic nitrogens is 3. The quantitative estimate of drug-likeness (QED) is 0.751. The summed E-state index contributed by atoms with van der Waals surface area (Å²) in [7, 11) is 0. The Labute approximate surface area is 113 Å². The summed E-state index contributed by atoms with van der Waals surface area (Å²) in [5.74, 6) is 0.000406. The predicted molar refractivity (Wildman–Crippen MR) is 68.7 cm³/mol. The van der Waals surface area contributed by atoms with Crippen LogP contribution in [0.4, 0.5) is 0 Å². The lowest BCUT2D eigenvalue weighted by Crippen LogP contribution is -2.12. The molecule has 0 atom stereocenters. The van der Waals surface area contributed by atoms with E-state index in [0.29, 0.717) is 17.1 Å². The third-order valence-corrected chi connectivity index (χ3v) is 2.90. The van der Waals surface area contributed by atoms with Gasteiger partial charge in [-0.2, -0.15) is 5.26 Å². The molecule has 1 amide bonds. The molecule has 7 nitrogen and oxygen atoms in total. The molecule has 0 aliphatic carbocycles. The fourth-order valence-electron chi connectivity index (χ4n) is 1.96. The van der Waals surface area contributed by atoms with Crippen molar-refractivity contribution in [1.82, 2.24) is 14.4 Å². The van der Waals surface area contributed by atoms with E-state index in [1.165, 1.54) is 6.33 Å². The first kappa shape index (κ1) is 11.9. The number of imidazole rings is 1. The minimum Gasteiger partial charge on any atom is -0.444 e. The molecule has 0 aliphatic rings. The third-order valence-electron chi connectivity index (χ3n) is 2.90. The Morgan fingerprint density at radius 3 is 2.95 bits per heavy atom. The number of hydrogen-bond acceptors (Lipinski definition) is 5. The van der Waals surface area contributed by atoms with Crippen LogP contribution in [0.15, 0.2) is 28.9 Å². The first-order valence-electron chi connectivity index (χ1n) is 5.75. The van der Waals surface area contributed by atoms with Gasteiger partial charge in [0.2, 0.25) is 5.76 Å². The number of carbonyl (C=O) groups excluding carboxylic acids is 1. The van der Waals surface area contributed by atoms with Gasteiger partial charge in [-0.25, -0.2) is 9.97 Å². The second-order valence-corrected chi connectivity index (χ2v) is 4.21. The highest BCUT2D eigenvalue weighted by Crippen LogP contribution is 2.22. The van der Waals surface area contributed by atoms with Crippen LogP contribution in [0.3, 0.4) is 0 Å². The summed E-state index contributed by atoms with van der Waals surface area (Å²) in [5, 5.41) is 8.77. The van der Waals surface area contributed by atoms with E-state index in [1.54, 1.807) is 22.6 Å². The van der Waals surface area contributed by atoms with Crippen LogP contribution in [0.25, 0.3) is 17.1 Å². The largest absolute Gasteiger partial charge is 0.444 e. The molecule has 0 unspecified atom stereocenters. The zero-order valence-corrected chi connectivity index (χ0v) is 10.5. The van der Waals surface area contributed by atoms with Gasteiger partial charge in [0, 0.05) is 5.69 Å². The van der Waals surface area contributed by atoms with Crippen LogP contribution in [0.1, 0.15) is 21.9 Å². The van der Waals surface area contributed by atoms with Crippen LogP contribution in [-0.4, -0.2) is 20.3 Å². The van der Waals surface area contributed by atoms with E-state index >= 15 is 0 Å². The summed E-state index contributed by atoms with van der Waals surface area (Å²) in [6.07, 6.45) is 1.49. The zero-order valence-electron chi connectivity index (χ0n) is 10.5. The molecule has 20 heavy (non-hydrogen) atoms. The van der Waals surface area contributed by atoms with E-state index in [4.69, 9.17) is 15.4 Å². The van der Waals surface area contributed by atoms with Crippen LogP contribution in [-0.2, 0) is 0 Å². The monoisotopic (exact) mass is 267 g/mol. The first-order chi connectivity index (χ1) is 9.60. The lowest BCUT2D eigenvalue weighted by Gasteiger charge is -2.03. The standard InChI is InChI=1S/C13H9N5O2/c1-7-4-9(10-3-2-8(5-14)20-10)17-13-11(12(15)19)16-6-18(7)13/h2-4,6H,1H3,(H2,15,19). The normalized spacial score (nSPS) is 10.6. The van der Waals surface area contributed by atoms with Gasteiger partial charge in [-0.3, -0.25) is 9.20 Å². The van der Waals surface area contributed by atoms with Gasteiger partial charge in [0.05, 0.1) is 0 Å². The van der Waals surface area contributed by atoms with Crippen molar-refractivity contribution in [1.29, 1.82) is 5.26 Å². The molecule has 0 aromatic carbocycles. The molecule has 3 rings (SSSR count). The molecule has 7 heteroatoms. The Kier molecular flexibility index (Phi) is 2.51. The number of primary amides is 1. The average molecular weight is 267 g/mol. The summed E-state index contributed by atoms with van der Waals surface area (Å²) < 4.78 is 6.99.